The summed E-state index contributed by atoms with van der Waals surface area (Å²) in [6.07, 6.45) is -0.837. The quantitative estimate of drug-likeness (QED) is 0.747. The molecule has 1 aromatic heterocycles. The fourth-order valence-corrected chi connectivity index (χ4v) is 2.51. The number of esters is 2. The van der Waals surface area contributed by atoms with E-state index in [2.05, 4.69) is 9.47 Å². The van der Waals surface area contributed by atoms with Crippen LogP contribution in [-0.2, 0) is 9.47 Å². The van der Waals surface area contributed by atoms with E-state index in [9.17, 15) is 9.59 Å². The minimum absolute atomic E-state index is 0.0230. The molecule has 1 aliphatic heterocycles. The minimum atomic E-state index is -0.837. The molecular weight excluding hydrogens is 274 g/mol. The normalized spacial score (nSPS) is 16.4. The highest BCUT2D eigenvalue weighted by Gasteiger charge is 2.35. The molecule has 2 heterocycles. The van der Waals surface area contributed by atoms with E-state index < -0.39 is 18.0 Å². The number of carbonyl (C=O) groups excluding carboxylic acids is 2. The summed E-state index contributed by atoms with van der Waals surface area (Å²) >= 11 is 0.845. The molecule has 19 heavy (non-hydrogen) atoms. The highest BCUT2D eigenvalue weighted by molar-refractivity contribution is 7.16. The number of carbonyl (C=O) groups is 2. The Balaban J connectivity index is 2.52. The van der Waals surface area contributed by atoms with Crippen molar-refractivity contribution >= 4 is 23.3 Å². The van der Waals surface area contributed by atoms with Gasteiger partial charge in [-0.2, -0.15) is 5.26 Å². The van der Waals surface area contributed by atoms with Crippen LogP contribution in [0.1, 0.15) is 19.3 Å². The van der Waals surface area contributed by atoms with Crippen molar-refractivity contribution in [1.29, 1.82) is 5.26 Å². The van der Waals surface area contributed by atoms with E-state index in [0.717, 1.165) is 11.3 Å². The smallest absolute Gasteiger partial charge is 0.352 e. The largest absolute Gasteiger partial charge is 0.483 e. The van der Waals surface area contributed by atoms with Crippen molar-refractivity contribution in [3.05, 3.63) is 9.75 Å². The van der Waals surface area contributed by atoms with E-state index in [1.165, 1.54) is 14.2 Å². The molecule has 0 spiro atoms. The lowest BCUT2D eigenvalue weighted by Gasteiger charge is -2.20. The summed E-state index contributed by atoms with van der Waals surface area (Å²) in [6.45, 7) is -0.0230. The molecule has 8 heteroatoms. The number of fused-ring (bicyclic) bond motifs is 1. The first-order valence-electron chi connectivity index (χ1n) is 5.14. The molecule has 0 bridgehead atoms. The maximum absolute atomic E-state index is 11.6. The first-order chi connectivity index (χ1) is 9.12. The number of thiophene rings is 1. The number of methoxy groups -OCH3 is 2. The van der Waals surface area contributed by atoms with Crippen LogP contribution >= 0.6 is 11.3 Å². The molecule has 0 aliphatic carbocycles. The Kier molecular flexibility index (Phi) is 3.57. The van der Waals surface area contributed by atoms with Gasteiger partial charge in [-0.05, 0) is 0 Å². The van der Waals surface area contributed by atoms with Gasteiger partial charge < -0.3 is 18.9 Å². The average molecular weight is 283 g/mol. The van der Waals surface area contributed by atoms with Crippen LogP contribution in [0.15, 0.2) is 0 Å². The van der Waals surface area contributed by atoms with Crippen molar-refractivity contribution in [1.82, 2.24) is 0 Å². The lowest BCUT2D eigenvalue weighted by atomic mass is 10.3. The molecule has 1 aromatic rings. The Bertz CT molecular complexity index is 572. The Morgan fingerprint density at radius 3 is 2.37 bits per heavy atom. The summed E-state index contributed by atoms with van der Waals surface area (Å²) in [5.74, 6) is -1.15. The molecule has 0 radical (unpaired) electrons. The molecule has 1 atom stereocenters. The Labute approximate surface area is 112 Å². The van der Waals surface area contributed by atoms with Gasteiger partial charge >= 0.3 is 11.9 Å². The Morgan fingerprint density at radius 2 is 1.84 bits per heavy atom. The Hall–Kier alpha value is -2.27. The first-order valence-corrected chi connectivity index (χ1v) is 5.96. The average Bonchev–Trinajstić information content (AvgIpc) is 2.84. The van der Waals surface area contributed by atoms with Crippen LogP contribution in [0, 0.1) is 11.3 Å². The number of nitriles is 1. The third kappa shape index (κ3) is 2.20. The zero-order valence-electron chi connectivity index (χ0n) is 10.1. The summed E-state index contributed by atoms with van der Waals surface area (Å²) < 4.78 is 19.8. The van der Waals surface area contributed by atoms with Crippen LogP contribution in [0.2, 0.25) is 0 Å². The van der Waals surface area contributed by atoms with Crippen molar-refractivity contribution < 1.29 is 28.5 Å². The van der Waals surface area contributed by atoms with Crippen LogP contribution in [0.4, 0.5) is 0 Å². The van der Waals surface area contributed by atoms with Crippen molar-refractivity contribution in [3.8, 4) is 17.6 Å². The van der Waals surface area contributed by atoms with E-state index in [1.54, 1.807) is 0 Å². The molecule has 0 fully saturated rings. The zero-order chi connectivity index (χ0) is 14.0. The molecular formula is C11H9NO6S. The minimum Gasteiger partial charge on any atom is -0.483 e. The van der Waals surface area contributed by atoms with Crippen molar-refractivity contribution in [3.63, 3.8) is 0 Å². The maximum atomic E-state index is 11.6. The second-order valence-electron chi connectivity index (χ2n) is 3.45. The summed E-state index contributed by atoms with van der Waals surface area (Å²) in [4.78, 5) is 23.4. The van der Waals surface area contributed by atoms with Gasteiger partial charge in [-0.15, -0.1) is 11.3 Å². The summed E-state index contributed by atoms with van der Waals surface area (Å²) in [5, 5.41) is 8.81. The maximum Gasteiger partial charge on any atom is 0.352 e. The van der Waals surface area contributed by atoms with Gasteiger partial charge in [0.15, 0.2) is 21.3 Å². The molecule has 0 amide bonds. The van der Waals surface area contributed by atoms with Crippen LogP contribution in [-0.4, -0.2) is 38.9 Å². The standard InChI is InChI=1S/C11H9NO6S/c1-15-10(13)8-6-7(9(19-8)11(14)16-2)18-5(3-12)4-17-6/h5H,4H2,1-2H3. The molecule has 2 rings (SSSR count). The van der Waals surface area contributed by atoms with Crippen molar-refractivity contribution in [2.24, 2.45) is 0 Å². The predicted molar refractivity (Wildman–Crippen MR) is 62.5 cm³/mol. The number of ether oxygens (including phenoxy) is 4. The fourth-order valence-electron chi connectivity index (χ4n) is 1.49. The lowest BCUT2D eigenvalue weighted by Crippen LogP contribution is -2.28. The predicted octanol–water partition coefficient (Wildman–Crippen LogP) is 0.985. The van der Waals surface area contributed by atoms with E-state index in [0.29, 0.717) is 0 Å². The monoisotopic (exact) mass is 283 g/mol. The molecule has 1 unspecified atom stereocenters. The second-order valence-corrected chi connectivity index (χ2v) is 4.47. The van der Waals surface area contributed by atoms with Gasteiger partial charge in [-0.3, -0.25) is 0 Å². The van der Waals surface area contributed by atoms with Crippen LogP contribution in [0.25, 0.3) is 0 Å². The van der Waals surface area contributed by atoms with Crippen molar-refractivity contribution in [2.75, 3.05) is 20.8 Å². The second kappa shape index (κ2) is 5.16. The first kappa shape index (κ1) is 13.2. The zero-order valence-corrected chi connectivity index (χ0v) is 10.9. The van der Waals surface area contributed by atoms with Gasteiger partial charge in [0, 0.05) is 0 Å². The molecule has 0 aromatic carbocycles. The van der Waals surface area contributed by atoms with E-state index >= 15 is 0 Å². The van der Waals surface area contributed by atoms with Gasteiger partial charge in [0.2, 0.25) is 6.10 Å². The van der Waals surface area contributed by atoms with Gasteiger partial charge in [0.25, 0.3) is 0 Å². The number of nitrogens with zero attached hydrogens (tertiary/aromatic N) is 1. The van der Waals surface area contributed by atoms with E-state index in [4.69, 9.17) is 14.7 Å². The molecule has 100 valence electrons. The molecule has 1 aliphatic rings. The number of rotatable bonds is 2. The lowest BCUT2D eigenvalue weighted by molar-refractivity contribution is 0.0574. The SMILES string of the molecule is COC(=O)c1sc(C(=O)OC)c2c1OCC(C#N)O2. The molecule has 0 saturated heterocycles. The van der Waals surface area contributed by atoms with Crippen LogP contribution < -0.4 is 9.47 Å². The van der Waals surface area contributed by atoms with Gasteiger partial charge in [0.05, 0.1) is 14.2 Å². The van der Waals surface area contributed by atoms with Gasteiger partial charge in [-0.25, -0.2) is 9.59 Å². The topological polar surface area (TPSA) is 94.9 Å². The number of hydrogen-bond acceptors (Lipinski definition) is 8. The molecule has 0 N–H and O–H groups in total. The third-order valence-corrected chi connectivity index (χ3v) is 3.46. The van der Waals surface area contributed by atoms with E-state index in [1.807, 2.05) is 6.07 Å². The highest BCUT2D eigenvalue weighted by atomic mass is 32.1. The fraction of sp³-hybridized carbons (Fsp3) is 0.364. The molecule has 7 nitrogen and oxygen atoms in total. The molecule has 0 saturated carbocycles. The van der Waals surface area contributed by atoms with Gasteiger partial charge in [0.1, 0.15) is 12.7 Å². The highest BCUT2D eigenvalue weighted by Crippen LogP contribution is 2.45. The summed E-state index contributed by atoms with van der Waals surface area (Å²) in [7, 11) is 2.42. The summed E-state index contributed by atoms with van der Waals surface area (Å²) in [5.41, 5.74) is 0. The van der Waals surface area contributed by atoms with Crippen LogP contribution in [0.3, 0.4) is 0 Å². The summed E-state index contributed by atoms with van der Waals surface area (Å²) in [6, 6.07) is 1.87. The van der Waals surface area contributed by atoms with E-state index in [-0.39, 0.29) is 27.9 Å². The number of hydrogen-bond donors (Lipinski definition) is 0. The third-order valence-electron chi connectivity index (χ3n) is 2.35. The van der Waals surface area contributed by atoms with Crippen molar-refractivity contribution in [2.45, 2.75) is 6.10 Å². The Morgan fingerprint density at radius 1 is 1.26 bits per heavy atom. The van der Waals surface area contributed by atoms with Crippen LogP contribution in [0.5, 0.6) is 11.5 Å². The van der Waals surface area contributed by atoms with Gasteiger partial charge in [-0.1, -0.05) is 0 Å².